The number of likely N-dealkylation sites (tertiary alicyclic amines) is 1. The number of rotatable bonds is 5. The number of carbonyl (C=O) groups excluding carboxylic acids is 1. The van der Waals surface area contributed by atoms with Crippen LogP contribution in [0.15, 0.2) is 24.3 Å². The molecule has 0 aliphatic carbocycles. The summed E-state index contributed by atoms with van der Waals surface area (Å²) in [6, 6.07) is 5.75. The summed E-state index contributed by atoms with van der Waals surface area (Å²) in [6.07, 6.45) is 0.940. The molecular weight excluding hydrogens is 286 g/mol. The summed E-state index contributed by atoms with van der Waals surface area (Å²) >= 11 is 0. The van der Waals surface area contributed by atoms with Gasteiger partial charge in [0, 0.05) is 37.3 Å². The van der Waals surface area contributed by atoms with Crippen molar-refractivity contribution in [2.24, 2.45) is 5.92 Å². The van der Waals surface area contributed by atoms with E-state index in [-0.39, 0.29) is 17.7 Å². The Hall–Kier alpha value is -1.99. The monoisotopic (exact) mass is 307 g/mol. The third-order valence-corrected chi connectivity index (χ3v) is 4.02. The highest BCUT2D eigenvalue weighted by Gasteiger charge is 2.24. The third-order valence-electron chi connectivity index (χ3n) is 4.02. The fraction of sp³-hybridized carbons (Fsp3) is 0.533. The van der Waals surface area contributed by atoms with Crippen molar-refractivity contribution in [3.05, 3.63) is 34.4 Å². The first-order valence-electron chi connectivity index (χ1n) is 7.40. The number of non-ortho nitro benzene ring substituents is 1. The Morgan fingerprint density at radius 3 is 2.73 bits per heavy atom. The Kier molecular flexibility index (Phi) is 5.46. The van der Waals surface area contributed by atoms with Gasteiger partial charge in [-0.3, -0.25) is 14.9 Å². The minimum absolute atomic E-state index is 0.00516. The third kappa shape index (κ3) is 4.51. The second-order valence-electron chi connectivity index (χ2n) is 5.74. The molecule has 1 aromatic carbocycles. The molecule has 22 heavy (non-hydrogen) atoms. The standard InChI is InChI=1S/C15H21N3O4/c1-11-6-8-17(10-14(11)19)9-7-15(20)16-12-2-4-13(5-3-12)18(21)22/h2-5,11,14,19H,6-10H2,1H3,(H,16,20). The molecule has 1 heterocycles. The van der Waals surface area contributed by atoms with Gasteiger partial charge in [-0.1, -0.05) is 6.92 Å². The number of hydrogen-bond donors (Lipinski definition) is 2. The average Bonchev–Trinajstić information content (AvgIpc) is 2.49. The maximum absolute atomic E-state index is 11.9. The summed E-state index contributed by atoms with van der Waals surface area (Å²) in [5.74, 6) is 0.173. The quantitative estimate of drug-likeness (QED) is 0.636. The van der Waals surface area contributed by atoms with E-state index in [9.17, 15) is 20.0 Å². The van der Waals surface area contributed by atoms with Gasteiger partial charge in [-0.05, 0) is 31.0 Å². The average molecular weight is 307 g/mol. The number of benzene rings is 1. The number of nitrogens with one attached hydrogen (secondary N) is 1. The molecule has 0 saturated carbocycles. The number of amides is 1. The number of nitro benzene ring substituents is 1. The van der Waals surface area contributed by atoms with Gasteiger partial charge in [-0.2, -0.15) is 0 Å². The van der Waals surface area contributed by atoms with Crippen LogP contribution in [0.3, 0.4) is 0 Å². The normalized spacial score (nSPS) is 22.3. The van der Waals surface area contributed by atoms with E-state index in [0.717, 1.165) is 13.0 Å². The molecule has 7 nitrogen and oxygen atoms in total. The van der Waals surface area contributed by atoms with Crippen LogP contribution in [0.25, 0.3) is 0 Å². The van der Waals surface area contributed by atoms with E-state index in [0.29, 0.717) is 31.1 Å². The van der Waals surface area contributed by atoms with Gasteiger partial charge in [-0.25, -0.2) is 0 Å². The second kappa shape index (κ2) is 7.33. The van der Waals surface area contributed by atoms with Gasteiger partial charge >= 0.3 is 0 Å². The Balaban J connectivity index is 1.77. The predicted octanol–water partition coefficient (Wildman–Crippen LogP) is 1.63. The van der Waals surface area contributed by atoms with Gasteiger partial charge in [0.1, 0.15) is 0 Å². The molecule has 2 N–H and O–H groups in total. The molecule has 120 valence electrons. The van der Waals surface area contributed by atoms with E-state index in [1.54, 1.807) is 0 Å². The predicted molar refractivity (Wildman–Crippen MR) is 82.6 cm³/mol. The molecule has 1 aromatic rings. The largest absolute Gasteiger partial charge is 0.392 e. The van der Waals surface area contributed by atoms with E-state index in [1.807, 2.05) is 6.92 Å². The fourth-order valence-corrected chi connectivity index (χ4v) is 2.47. The maximum atomic E-state index is 11.9. The van der Waals surface area contributed by atoms with E-state index in [4.69, 9.17) is 0 Å². The highest BCUT2D eigenvalue weighted by molar-refractivity contribution is 5.90. The minimum Gasteiger partial charge on any atom is -0.392 e. The summed E-state index contributed by atoms with van der Waals surface area (Å²) in [5.41, 5.74) is 0.539. The van der Waals surface area contributed by atoms with Crippen LogP contribution in [-0.2, 0) is 4.79 Å². The summed E-state index contributed by atoms with van der Waals surface area (Å²) in [7, 11) is 0. The number of anilines is 1. The highest BCUT2D eigenvalue weighted by Crippen LogP contribution is 2.18. The first-order chi connectivity index (χ1) is 10.5. The van der Waals surface area contributed by atoms with Gasteiger partial charge in [0.15, 0.2) is 0 Å². The topological polar surface area (TPSA) is 95.7 Å². The summed E-state index contributed by atoms with van der Waals surface area (Å²) in [4.78, 5) is 24.0. The first-order valence-corrected chi connectivity index (χ1v) is 7.40. The van der Waals surface area contributed by atoms with Gasteiger partial charge < -0.3 is 15.3 Å². The molecule has 1 aliphatic rings. The van der Waals surface area contributed by atoms with Gasteiger partial charge in [0.05, 0.1) is 11.0 Å². The molecule has 1 fully saturated rings. The van der Waals surface area contributed by atoms with Crippen molar-refractivity contribution < 1.29 is 14.8 Å². The van der Waals surface area contributed by atoms with Crippen molar-refractivity contribution in [3.8, 4) is 0 Å². The zero-order chi connectivity index (χ0) is 16.1. The summed E-state index contributed by atoms with van der Waals surface area (Å²) < 4.78 is 0. The van der Waals surface area contributed by atoms with Crippen molar-refractivity contribution in [3.63, 3.8) is 0 Å². The smallest absolute Gasteiger partial charge is 0.269 e. The SMILES string of the molecule is CC1CCN(CCC(=O)Nc2ccc([N+](=O)[O-])cc2)CC1O. The van der Waals surface area contributed by atoms with Crippen molar-refractivity contribution in [1.29, 1.82) is 0 Å². The van der Waals surface area contributed by atoms with Crippen LogP contribution in [0.4, 0.5) is 11.4 Å². The number of hydrogen-bond acceptors (Lipinski definition) is 5. The zero-order valence-corrected chi connectivity index (χ0v) is 12.6. The van der Waals surface area contributed by atoms with Crippen LogP contribution in [0.1, 0.15) is 19.8 Å². The molecular formula is C15H21N3O4. The molecule has 1 saturated heterocycles. The number of nitrogens with zero attached hydrogens (tertiary/aromatic N) is 2. The van der Waals surface area contributed by atoms with Crippen molar-refractivity contribution >= 4 is 17.3 Å². The van der Waals surface area contributed by atoms with Crippen LogP contribution in [0.2, 0.25) is 0 Å². The molecule has 0 radical (unpaired) electrons. The molecule has 7 heteroatoms. The molecule has 0 bridgehead atoms. The van der Waals surface area contributed by atoms with Crippen molar-refractivity contribution in [2.45, 2.75) is 25.9 Å². The van der Waals surface area contributed by atoms with Crippen LogP contribution >= 0.6 is 0 Å². The molecule has 0 spiro atoms. The van der Waals surface area contributed by atoms with E-state index < -0.39 is 4.92 Å². The van der Waals surface area contributed by atoms with Crippen LogP contribution < -0.4 is 5.32 Å². The summed E-state index contributed by atoms with van der Waals surface area (Å²) in [5, 5.41) is 23.1. The van der Waals surface area contributed by atoms with Crippen LogP contribution in [0, 0.1) is 16.0 Å². The van der Waals surface area contributed by atoms with Gasteiger partial charge in [0.2, 0.25) is 5.91 Å². The first kappa shape index (κ1) is 16.4. The maximum Gasteiger partial charge on any atom is 0.269 e. The minimum atomic E-state index is -0.478. The zero-order valence-electron chi connectivity index (χ0n) is 12.6. The van der Waals surface area contributed by atoms with E-state index in [2.05, 4.69) is 10.2 Å². The van der Waals surface area contributed by atoms with E-state index >= 15 is 0 Å². The van der Waals surface area contributed by atoms with Crippen molar-refractivity contribution in [1.82, 2.24) is 4.90 Å². The molecule has 2 unspecified atom stereocenters. The summed E-state index contributed by atoms with van der Waals surface area (Å²) in [6.45, 7) is 4.13. The molecule has 1 aliphatic heterocycles. The number of carbonyl (C=O) groups is 1. The fourth-order valence-electron chi connectivity index (χ4n) is 2.47. The lowest BCUT2D eigenvalue weighted by Gasteiger charge is -2.34. The molecule has 0 aromatic heterocycles. The van der Waals surface area contributed by atoms with E-state index in [1.165, 1.54) is 24.3 Å². The Bertz CT molecular complexity index is 532. The Morgan fingerprint density at radius 1 is 1.45 bits per heavy atom. The number of nitro groups is 1. The Morgan fingerprint density at radius 2 is 2.14 bits per heavy atom. The number of piperidine rings is 1. The van der Waals surface area contributed by atoms with Crippen molar-refractivity contribution in [2.75, 3.05) is 25.0 Å². The number of β-amino-alcohol motifs (C(OH)–C–C–N with tert-alkyl or cyclic N) is 1. The number of aliphatic hydroxyl groups excluding tert-OH is 1. The van der Waals surface area contributed by atoms with Gasteiger partial charge in [0.25, 0.3) is 5.69 Å². The van der Waals surface area contributed by atoms with Crippen LogP contribution in [-0.4, -0.2) is 46.6 Å². The van der Waals surface area contributed by atoms with Crippen LogP contribution in [0.5, 0.6) is 0 Å². The molecule has 1 amide bonds. The lowest BCUT2D eigenvalue weighted by molar-refractivity contribution is -0.384. The molecule has 2 rings (SSSR count). The second-order valence-corrected chi connectivity index (χ2v) is 5.74. The lowest BCUT2D eigenvalue weighted by Crippen LogP contribution is -2.43. The Labute approximate surface area is 129 Å². The number of aliphatic hydroxyl groups is 1. The lowest BCUT2D eigenvalue weighted by atomic mass is 9.96. The van der Waals surface area contributed by atoms with Gasteiger partial charge in [-0.15, -0.1) is 0 Å². The highest BCUT2D eigenvalue weighted by atomic mass is 16.6. The molecule has 2 atom stereocenters.